The maximum Gasteiger partial charge on any atom is 0.222 e. The van der Waals surface area contributed by atoms with Crippen LogP contribution < -0.4 is 5.73 Å². The summed E-state index contributed by atoms with van der Waals surface area (Å²) in [7, 11) is 1.79. The molecule has 1 rings (SSSR count). The van der Waals surface area contributed by atoms with Crippen LogP contribution in [0.4, 0.5) is 0 Å². The molecule has 1 aliphatic rings. The van der Waals surface area contributed by atoms with Crippen molar-refractivity contribution in [3.63, 3.8) is 0 Å². The number of hydrogen-bond acceptors (Lipinski definition) is 3. The fourth-order valence-corrected chi connectivity index (χ4v) is 2.03. The predicted molar refractivity (Wildman–Crippen MR) is 68.8 cm³/mol. The number of hydrogen-bond donors (Lipinski definition) is 1. The minimum absolute atomic E-state index is 0.0530. The number of ether oxygens (including phenoxy) is 1. The van der Waals surface area contributed by atoms with Crippen molar-refractivity contribution in [2.75, 3.05) is 20.2 Å². The number of carbonyl (C=O) groups is 2. The number of amides is 2. The van der Waals surface area contributed by atoms with E-state index in [1.165, 1.54) is 6.42 Å². The Morgan fingerprint density at radius 2 is 2.17 bits per heavy atom. The third-order valence-corrected chi connectivity index (χ3v) is 3.45. The second-order valence-corrected chi connectivity index (χ2v) is 5.10. The zero-order chi connectivity index (χ0) is 13.5. The van der Waals surface area contributed by atoms with Crippen LogP contribution in [0.1, 0.15) is 39.0 Å². The first kappa shape index (κ1) is 15.0. The molecular weight excluding hydrogens is 232 g/mol. The van der Waals surface area contributed by atoms with Crippen molar-refractivity contribution in [1.29, 1.82) is 0 Å². The van der Waals surface area contributed by atoms with Gasteiger partial charge in [-0.1, -0.05) is 6.92 Å². The minimum atomic E-state index is -0.346. The third-order valence-electron chi connectivity index (χ3n) is 3.45. The quantitative estimate of drug-likeness (QED) is 0.768. The number of carbonyl (C=O) groups excluding carboxylic acids is 2. The van der Waals surface area contributed by atoms with Gasteiger partial charge in [-0.3, -0.25) is 9.59 Å². The first-order valence-electron chi connectivity index (χ1n) is 6.65. The number of primary amides is 1. The monoisotopic (exact) mass is 256 g/mol. The van der Waals surface area contributed by atoms with Gasteiger partial charge in [0, 0.05) is 32.5 Å². The van der Waals surface area contributed by atoms with Crippen molar-refractivity contribution in [3.8, 4) is 0 Å². The average molecular weight is 256 g/mol. The Hall–Kier alpha value is -1.10. The lowest BCUT2D eigenvalue weighted by atomic mass is 10.0. The molecule has 1 aliphatic heterocycles. The summed E-state index contributed by atoms with van der Waals surface area (Å²) in [5.74, 6) is -0.536. The normalized spacial score (nSPS) is 21.3. The van der Waals surface area contributed by atoms with E-state index in [1.807, 2.05) is 0 Å². The Balaban J connectivity index is 2.25. The molecule has 0 spiro atoms. The maximum absolute atomic E-state index is 11.9. The molecule has 2 amide bonds. The van der Waals surface area contributed by atoms with Crippen molar-refractivity contribution in [2.45, 2.75) is 45.1 Å². The van der Waals surface area contributed by atoms with Crippen LogP contribution in [0.2, 0.25) is 0 Å². The second kappa shape index (κ2) is 7.36. The Kier molecular flexibility index (Phi) is 6.12. The fraction of sp³-hybridized carbons (Fsp3) is 0.846. The van der Waals surface area contributed by atoms with Gasteiger partial charge in [0.15, 0.2) is 0 Å². The Bertz CT molecular complexity index is 288. The second-order valence-electron chi connectivity index (χ2n) is 5.10. The van der Waals surface area contributed by atoms with Gasteiger partial charge in [-0.25, -0.2) is 0 Å². The molecule has 1 saturated heterocycles. The van der Waals surface area contributed by atoms with E-state index in [9.17, 15) is 9.59 Å². The number of likely N-dealkylation sites (N-methyl/N-ethyl adjacent to an activating group) is 1. The van der Waals surface area contributed by atoms with E-state index >= 15 is 0 Å². The molecule has 104 valence electrons. The topological polar surface area (TPSA) is 72.6 Å². The van der Waals surface area contributed by atoms with E-state index in [1.54, 1.807) is 18.9 Å². The van der Waals surface area contributed by atoms with Gasteiger partial charge in [0.05, 0.1) is 6.10 Å². The predicted octanol–water partition coefficient (Wildman–Crippen LogP) is 0.915. The van der Waals surface area contributed by atoms with Gasteiger partial charge in [-0.05, 0) is 25.7 Å². The molecule has 0 radical (unpaired) electrons. The van der Waals surface area contributed by atoms with Crippen LogP contribution in [-0.2, 0) is 14.3 Å². The van der Waals surface area contributed by atoms with E-state index in [2.05, 4.69) is 0 Å². The number of nitrogens with two attached hydrogens (primary N) is 1. The summed E-state index contributed by atoms with van der Waals surface area (Å²) < 4.78 is 5.59. The van der Waals surface area contributed by atoms with Crippen molar-refractivity contribution in [3.05, 3.63) is 0 Å². The summed E-state index contributed by atoms with van der Waals surface area (Å²) >= 11 is 0. The summed E-state index contributed by atoms with van der Waals surface area (Å²) in [5, 5.41) is 0. The first-order chi connectivity index (χ1) is 8.50. The van der Waals surface area contributed by atoms with Crippen molar-refractivity contribution >= 4 is 11.8 Å². The zero-order valence-corrected chi connectivity index (χ0v) is 11.4. The average Bonchev–Trinajstić information content (AvgIpc) is 2.36. The fourth-order valence-electron chi connectivity index (χ4n) is 2.03. The summed E-state index contributed by atoms with van der Waals surface area (Å²) in [6.45, 7) is 3.19. The van der Waals surface area contributed by atoms with Gasteiger partial charge in [0.1, 0.15) is 0 Å². The molecule has 5 nitrogen and oxygen atoms in total. The smallest absolute Gasteiger partial charge is 0.222 e. The molecule has 1 fully saturated rings. The molecule has 0 saturated carbocycles. The van der Waals surface area contributed by atoms with Crippen molar-refractivity contribution < 1.29 is 14.3 Å². The minimum Gasteiger partial charge on any atom is -0.376 e. The van der Waals surface area contributed by atoms with Crippen LogP contribution in [0.5, 0.6) is 0 Å². The standard InChI is InChI=1S/C13H24N2O3/c1-10(13(14)17)6-7-12(16)15(2)9-11-5-3-4-8-18-11/h10-11H,3-9H2,1-2H3,(H2,14,17)/t10?,11-/m0/s1. The highest BCUT2D eigenvalue weighted by Crippen LogP contribution is 2.14. The number of rotatable bonds is 6. The molecule has 2 atom stereocenters. The van der Waals surface area contributed by atoms with Gasteiger partial charge in [0.2, 0.25) is 11.8 Å². The summed E-state index contributed by atoms with van der Waals surface area (Å²) in [4.78, 5) is 24.4. The molecule has 1 unspecified atom stereocenters. The van der Waals surface area contributed by atoms with Crippen LogP contribution in [0, 0.1) is 5.92 Å². The van der Waals surface area contributed by atoms with E-state index in [0.29, 0.717) is 19.4 Å². The summed E-state index contributed by atoms with van der Waals surface area (Å²) in [6.07, 6.45) is 4.36. The van der Waals surface area contributed by atoms with Crippen molar-refractivity contribution in [2.24, 2.45) is 11.7 Å². The van der Waals surface area contributed by atoms with E-state index < -0.39 is 0 Å². The van der Waals surface area contributed by atoms with E-state index in [0.717, 1.165) is 19.4 Å². The van der Waals surface area contributed by atoms with Gasteiger partial charge in [-0.2, -0.15) is 0 Å². The molecule has 18 heavy (non-hydrogen) atoms. The molecule has 5 heteroatoms. The lowest BCUT2D eigenvalue weighted by molar-refractivity contribution is -0.132. The third kappa shape index (κ3) is 5.04. The van der Waals surface area contributed by atoms with Crippen LogP contribution in [0.3, 0.4) is 0 Å². The summed E-state index contributed by atoms with van der Waals surface area (Å²) in [6, 6.07) is 0. The highest BCUT2D eigenvalue weighted by molar-refractivity contribution is 5.79. The van der Waals surface area contributed by atoms with Crippen LogP contribution in [-0.4, -0.2) is 43.0 Å². The molecule has 2 N–H and O–H groups in total. The van der Waals surface area contributed by atoms with Crippen LogP contribution >= 0.6 is 0 Å². The number of nitrogens with zero attached hydrogens (tertiary/aromatic N) is 1. The van der Waals surface area contributed by atoms with Gasteiger partial charge in [-0.15, -0.1) is 0 Å². The Labute approximate surface area is 109 Å². The zero-order valence-electron chi connectivity index (χ0n) is 11.4. The lowest BCUT2D eigenvalue weighted by Crippen LogP contribution is -2.37. The molecular formula is C13H24N2O3. The highest BCUT2D eigenvalue weighted by Gasteiger charge is 2.19. The maximum atomic E-state index is 11.9. The SMILES string of the molecule is CC(CCC(=O)N(C)C[C@@H]1CCCCO1)C(N)=O. The molecule has 0 bridgehead atoms. The molecule has 0 aliphatic carbocycles. The Morgan fingerprint density at radius 1 is 1.44 bits per heavy atom. The van der Waals surface area contributed by atoms with Gasteiger partial charge < -0.3 is 15.4 Å². The van der Waals surface area contributed by atoms with Crippen LogP contribution in [0.15, 0.2) is 0 Å². The van der Waals surface area contributed by atoms with Gasteiger partial charge in [0.25, 0.3) is 0 Å². The lowest BCUT2D eigenvalue weighted by Gasteiger charge is -2.27. The highest BCUT2D eigenvalue weighted by atomic mass is 16.5. The van der Waals surface area contributed by atoms with E-state index in [4.69, 9.17) is 10.5 Å². The largest absolute Gasteiger partial charge is 0.376 e. The van der Waals surface area contributed by atoms with Crippen LogP contribution in [0.25, 0.3) is 0 Å². The molecule has 0 aromatic rings. The molecule has 1 heterocycles. The van der Waals surface area contributed by atoms with Gasteiger partial charge >= 0.3 is 0 Å². The van der Waals surface area contributed by atoms with E-state index in [-0.39, 0.29) is 23.8 Å². The van der Waals surface area contributed by atoms with Crippen molar-refractivity contribution in [1.82, 2.24) is 4.90 Å². The Morgan fingerprint density at radius 3 is 2.72 bits per heavy atom. The first-order valence-corrected chi connectivity index (χ1v) is 6.65. The molecule has 0 aromatic heterocycles. The summed E-state index contributed by atoms with van der Waals surface area (Å²) in [5.41, 5.74) is 5.16. The molecule has 0 aromatic carbocycles.